The molecule has 0 radical (unpaired) electrons. The molecule has 0 bridgehead atoms. The van der Waals surface area contributed by atoms with Crippen LogP contribution in [0, 0.1) is 0 Å². The van der Waals surface area contributed by atoms with Gasteiger partial charge in [0.25, 0.3) is 0 Å². The maximum atomic E-state index is 12.3. The fourth-order valence-electron chi connectivity index (χ4n) is 1.82. The quantitative estimate of drug-likeness (QED) is 0.740. The lowest BCUT2D eigenvalue weighted by molar-refractivity contribution is -0.274. The zero-order chi connectivity index (χ0) is 20.0. The minimum atomic E-state index is -4.83. The molecule has 0 aliphatic carbocycles. The zero-order valence-electron chi connectivity index (χ0n) is 14.8. The third-order valence-corrected chi connectivity index (χ3v) is 2.74. The Balaban J connectivity index is 2.78. The van der Waals surface area contributed by atoms with Crippen molar-refractivity contribution in [3.8, 4) is 5.75 Å². The molecule has 0 spiro atoms. The average molecular weight is 378 g/mol. The normalized spacial score (nSPS) is 12.7. The smallest absolute Gasteiger partial charge is 0.467 e. The van der Waals surface area contributed by atoms with Crippen molar-refractivity contribution in [2.45, 2.75) is 38.8 Å². The van der Waals surface area contributed by atoms with Crippen molar-refractivity contribution in [2.75, 3.05) is 19.0 Å². The first kappa shape index (κ1) is 21.4. The van der Waals surface area contributed by atoms with Crippen molar-refractivity contribution in [1.29, 1.82) is 0 Å². The van der Waals surface area contributed by atoms with E-state index in [-0.39, 0.29) is 12.2 Å². The Labute approximate surface area is 148 Å². The monoisotopic (exact) mass is 378 g/mol. The summed E-state index contributed by atoms with van der Waals surface area (Å²) >= 11 is 0. The lowest BCUT2D eigenvalue weighted by atomic mass is 10.2. The first-order valence-electron chi connectivity index (χ1n) is 7.56. The van der Waals surface area contributed by atoms with Crippen molar-refractivity contribution >= 4 is 17.7 Å². The number of carbonyl (C=O) groups is 2. The molecule has 1 rings (SSSR count). The fraction of sp³-hybridized carbons (Fsp3) is 0.500. The topological polar surface area (TPSA) is 85.9 Å². The molecule has 0 aromatic heterocycles. The van der Waals surface area contributed by atoms with E-state index in [1.165, 1.54) is 12.1 Å². The van der Waals surface area contributed by atoms with E-state index in [9.17, 15) is 22.8 Å². The SMILES string of the molecule is COC(=O)[C@H](CNC(=O)OC(C)(C)C)Nc1cccc(OC(F)(F)F)c1. The summed E-state index contributed by atoms with van der Waals surface area (Å²) in [4.78, 5) is 23.5. The van der Waals surface area contributed by atoms with Crippen LogP contribution in [0.3, 0.4) is 0 Å². The maximum Gasteiger partial charge on any atom is 0.573 e. The van der Waals surface area contributed by atoms with E-state index in [0.717, 1.165) is 19.2 Å². The van der Waals surface area contributed by atoms with Gasteiger partial charge in [0.05, 0.1) is 13.7 Å². The Kier molecular flexibility index (Phi) is 7.10. The van der Waals surface area contributed by atoms with Crippen LogP contribution in [0.5, 0.6) is 5.75 Å². The molecule has 10 heteroatoms. The molecular weight excluding hydrogens is 357 g/mol. The number of benzene rings is 1. The van der Waals surface area contributed by atoms with Gasteiger partial charge in [0.1, 0.15) is 17.4 Å². The molecule has 146 valence electrons. The van der Waals surface area contributed by atoms with Gasteiger partial charge in [-0.3, -0.25) is 0 Å². The number of alkyl carbamates (subject to hydrolysis) is 1. The molecule has 0 unspecified atom stereocenters. The second kappa shape index (κ2) is 8.63. The van der Waals surface area contributed by atoms with Crippen molar-refractivity contribution in [3.05, 3.63) is 24.3 Å². The van der Waals surface area contributed by atoms with Gasteiger partial charge < -0.3 is 24.8 Å². The van der Waals surface area contributed by atoms with Gasteiger partial charge >= 0.3 is 18.4 Å². The summed E-state index contributed by atoms with van der Waals surface area (Å²) in [5.74, 6) is -1.17. The van der Waals surface area contributed by atoms with Gasteiger partial charge in [-0.05, 0) is 32.9 Å². The number of nitrogens with one attached hydrogen (secondary N) is 2. The van der Waals surface area contributed by atoms with Crippen LogP contribution in [0.4, 0.5) is 23.7 Å². The van der Waals surface area contributed by atoms with E-state index in [1.807, 2.05) is 0 Å². The molecule has 1 atom stereocenters. The van der Waals surface area contributed by atoms with Gasteiger partial charge in [-0.25, -0.2) is 9.59 Å². The number of esters is 1. The Morgan fingerprint density at radius 3 is 2.38 bits per heavy atom. The molecule has 0 saturated carbocycles. The number of rotatable bonds is 6. The first-order chi connectivity index (χ1) is 11.9. The predicted molar refractivity (Wildman–Crippen MR) is 86.8 cm³/mol. The molecule has 0 fully saturated rings. The van der Waals surface area contributed by atoms with Crippen molar-refractivity contribution in [2.24, 2.45) is 0 Å². The summed E-state index contributed by atoms with van der Waals surface area (Å²) in [5, 5.41) is 5.07. The van der Waals surface area contributed by atoms with Crippen LogP contribution in [-0.4, -0.2) is 43.7 Å². The number of anilines is 1. The summed E-state index contributed by atoms with van der Waals surface area (Å²) in [5.41, 5.74) is -0.546. The number of hydrogen-bond donors (Lipinski definition) is 2. The van der Waals surface area contributed by atoms with Crippen LogP contribution in [0.1, 0.15) is 20.8 Å². The second-order valence-electron chi connectivity index (χ2n) is 6.18. The predicted octanol–water partition coefficient (Wildman–Crippen LogP) is 3.06. The third-order valence-electron chi connectivity index (χ3n) is 2.74. The van der Waals surface area contributed by atoms with Gasteiger partial charge in [0.2, 0.25) is 0 Å². The molecule has 26 heavy (non-hydrogen) atoms. The Bertz CT molecular complexity index is 629. The highest BCUT2D eigenvalue weighted by atomic mass is 19.4. The van der Waals surface area contributed by atoms with E-state index >= 15 is 0 Å². The molecule has 1 amide bonds. The zero-order valence-corrected chi connectivity index (χ0v) is 14.8. The largest absolute Gasteiger partial charge is 0.573 e. The Morgan fingerprint density at radius 1 is 1.19 bits per heavy atom. The molecule has 1 aromatic carbocycles. The number of carbonyl (C=O) groups excluding carboxylic acids is 2. The average Bonchev–Trinajstić information content (AvgIpc) is 2.47. The maximum absolute atomic E-state index is 12.3. The number of ether oxygens (including phenoxy) is 3. The van der Waals surface area contributed by atoms with E-state index in [0.29, 0.717) is 0 Å². The molecule has 2 N–H and O–H groups in total. The summed E-state index contributed by atoms with van der Waals surface area (Å²) < 4.78 is 50.3. The molecule has 7 nitrogen and oxygen atoms in total. The molecule has 0 saturated heterocycles. The number of amides is 1. The van der Waals surface area contributed by atoms with Crippen LogP contribution < -0.4 is 15.4 Å². The molecule has 0 heterocycles. The van der Waals surface area contributed by atoms with Crippen LogP contribution in [0.25, 0.3) is 0 Å². The lowest BCUT2D eigenvalue weighted by Crippen LogP contribution is -2.43. The van der Waals surface area contributed by atoms with Crippen LogP contribution >= 0.6 is 0 Å². The minimum absolute atomic E-state index is 0.174. The van der Waals surface area contributed by atoms with Gasteiger partial charge in [-0.2, -0.15) is 0 Å². The summed E-state index contributed by atoms with van der Waals surface area (Å²) in [6.07, 6.45) is -5.58. The van der Waals surface area contributed by atoms with Crippen molar-refractivity contribution in [1.82, 2.24) is 5.32 Å². The first-order valence-corrected chi connectivity index (χ1v) is 7.56. The number of halogens is 3. The fourth-order valence-corrected chi connectivity index (χ4v) is 1.82. The molecule has 1 aromatic rings. The summed E-state index contributed by atoms with van der Waals surface area (Å²) in [6, 6.07) is 3.89. The highest BCUT2D eigenvalue weighted by Crippen LogP contribution is 2.25. The highest BCUT2D eigenvalue weighted by molar-refractivity contribution is 5.80. The van der Waals surface area contributed by atoms with Gasteiger partial charge in [0, 0.05) is 11.8 Å². The van der Waals surface area contributed by atoms with Gasteiger partial charge in [-0.1, -0.05) is 6.07 Å². The number of hydrogen-bond acceptors (Lipinski definition) is 6. The molecular formula is C16H21F3N2O5. The van der Waals surface area contributed by atoms with E-state index in [2.05, 4.69) is 20.1 Å². The van der Waals surface area contributed by atoms with Crippen molar-refractivity contribution < 1.29 is 37.0 Å². The Morgan fingerprint density at radius 2 is 1.85 bits per heavy atom. The molecule has 0 aliphatic rings. The summed E-state index contributed by atoms with van der Waals surface area (Å²) in [7, 11) is 1.15. The minimum Gasteiger partial charge on any atom is -0.467 e. The van der Waals surface area contributed by atoms with E-state index in [1.54, 1.807) is 20.8 Å². The van der Waals surface area contributed by atoms with Gasteiger partial charge in [0.15, 0.2) is 0 Å². The third kappa shape index (κ3) is 8.45. The Hall–Kier alpha value is -2.65. The highest BCUT2D eigenvalue weighted by Gasteiger charge is 2.31. The standard InChI is InChI=1S/C16H21F3N2O5/c1-15(2,3)26-14(23)20-9-12(13(22)24-4)21-10-6-5-7-11(8-10)25-16(17,18)19/h5-8,12,21H,9H2,1-4H3,(H,20,23)/t12-/m0/s1. The lowest BCUT2D eigenvalue weighted by Gasteiger charge is -2.22. The number of methoxy groups -OCH3 is 1. The van der Waals surface area contributed by atoms with E-state index < -0.39 is 35.8 Å². The van der Waals surface area contributed by atoms with Crippen LogP contribution in [0.2, 0.25) is 0 Å². The van der Waals surface area contributed by atoms with Crippen molar-refractivity contribution in [3.63, 3.8) is 0 Å². The van der Waals surface area contributed by atoms with Crippen LogP contribution in [0.15, 0.2) is 24.3 Å². The summed E-state index contributed by atoms with van der Waals surface area (Å²) in [6.45, 7) is 4.82. The van der Waals surface area contributed by atoms with Gasteiger partial charge in [-0.15, -0.1) is 13.2 Å². The van der Waals surface area contributed by atoms with E-state index in [4.69, 9.17) is 4.74 Å². The van der Waals surface area contributed by atoms with Crippen LogP contribution in [-0.2, 0) is 14.3 Å². The number of alkyl halides is 3. The second-order valence-corrected chi connectivity index (χ2v) is 6.18. The molecule has 0 aliphatic heterocycles.